The largest absolute Gasteiger partial charge is 0.347 e. The molecule has 2 aliphatic heterocycles. The maximum absolute atomic E-state index is 13.9. The van der Waals surface area contributed by atoms with Crippen LogP contribution in [0.15, 0.2) is 60.9 Å². The normalized spacial score (nSPS) is 20.7. The van der Waals surface area contributed by atoms with E-state index in [9.17, 15) is 24.0 Å². The average molecular weight is 559 g/mol. The molecule has 0 unspecified atom stereocenters. The lowest BCUT2D eigenvalue weighted by Crippen LogP contribution is -2.54. The van der Waals surface area contributed by atoms with Crippen LogP contribution in [0.25, 0.3) is 5.69 Å². The molecule has 4 N–H and O–H groups in total. The number of hydrogen-bond donors (Lipinski definition) is 4. The first-order valence-corrected chi connectivity index (χ1v) is 13.4. The van der Waals surface area contributed by atoms with Crippen LogP contribution in [0.2, 0.25) is 0 Å². The Labute approximate surface area is 235 Å². The summed E-state index contributed by atoms with van der Waals surface area (Å²) in [5.74, 6) is -2.03. The number of fused-ring (bicyclic) bond motifs is 4. The quantitative estimate of drug-likeness (QED) is 0.328. The second kappa shape index (κ2) is 12.4. The standard InChI is InChI=1S/C28H30N8O5/c37-24-15-30-25(38)16-31-26(39)20(13-18-7-2-1-3-8-18)33-27(40)22-11-6-12-35(22)28(41)19-9-4-5-10-21(19)36-17-32-34-23(36)14-29-24/h1-5,7-10,17,20,22H,6,11-16H2,(H,29,37)(H,30,38)(H,31,39)(H,33,40)/t20-,22-/m0/s1. The van der Waals surface area contributed by atoms with Crippen molar-refractivity contribution in [2.24, 2.45) is 0 Å². The number of rotatable bonds is 2. The van der Waals surface area contributed by atoms with Gasteiger partial charge in [0.05, 0.1) is 30.9 Å². The number of carbonyl (C=O) groups is 5. The minimum atomic E-state index is -0.993. The van der Waals surface area contributed by atoms with Crippen LogP contribution in [0.5, 0.6) is 0 Å². The van der Waals surface area contributed by atoms with Crippen molar-refractivity contribution < 1.29 is 24.0 Å². The van der Waals surface area contributed by atoms with Gasteiger partial charge in [0, 0.05) is 13.0 Å². The number of nitrogens with zero attached hydrogens (tertiary/aromatic N) is 4. The van der Waals surface area contributed by atoms with Crippen LogP contribution in [-0.4, -0.2) is 80.9 Å². The molecule has 2 aliphatic rings. The van der Waals surface area contributed by atoms with Gasteiger partial charge in [-0.1, -0.05) is 42.5 Å². The Morgan fingerprint density at radius 3 is 2.32 bits per heavy atom. The average Bonchev–Trinajstić information content (AvgIpc) is 3.67. The van der Waals surface area contributed by atoms with Crippen LogP contribution in [0.4, 0.5) is 0 Å². The number of carbonyl (C=O) groups excluding carboxylic acids is 5. The third kappa shape index (κ3) is 6.40. The lowest BCUT2D eigenvalue weighted by Gasteiger charge is -2.27. The van der Waals surface area contributed by atoms with Gasteiger partial charge in [0.15, 0.2) is 5.82 Å². The molecule has 1 aromatic heterocycles. The zero-order chi connectivity index (χ0) is 28.8. The molecule has 41 heavy (non-hydrogen) atoms. The molecule has 212 valence electrons. The zero-order valence-electron chi connectivity index (χ0n) is 22.2. The summed E-state index contributed by atoms with van der Waals surface area (Å²) in [5.41, 5.74) is 1.64. The van der Waals surface area contributed by atoms with Crippen LogP contribution < -0.4 is 21.3 Å². The fraction of sp³-hybridized carbons (Fsp3) is 0.321. The van der Waals surface area contributed by atoms with E-state index in [1.807, 2.05) is 30.3 Å². The van der Waals surface area contributed by atoms with E-state index in [1.165, 1.54) is 11.2 Å². The highest BCUT2D eigenvalue weighted by atomic mass is 16.2. The molecule has 3 aromatic rings. The summed E-state index contributed by atoms with van der Waals surface area (Å²) in [6.45, 7) is -0.348. The first-order chi connectivity index (χ1) is 19.9. The number of benzene rings is 2. The van der Waals surface area contributed by atoms with Crippen molar-refractivity contribution in [1.82, 2.24) is 40.9 Å². The van der Waals surface area contributed by atoms with Gasteiger partial charge in [0.25, 0.3) is 5.91 Å². The van der Waals surface area contributed by atoms with Crippen molar-refractivity contribution >= 4 is 29.5 Å². The van der Waals surface area contributed by atoms with Crippen LogP contribution in [0.3, 0.4) is 0 Å². The van der Waals surface area contributed by atoms with Gasteiger partial charge in [-0.05, 0) is 30.5 Å². The molecule has 13 nitrogen and oxygen atoms in total. The number of nitrogens with one attached hydrogen (secondary N) is 4. The highest BCUT2D eigenvalue weighted by molar-refractivity contribution is 6.01. The molecular weight excluding hydrogens is 528 g/mol. The van der Waals surface area contributed by atoms with E-state index in [-0.39, 0.29) is 32.0 Å². The molecule has 1 saturated heterocycles. The van der Waals surface area contributed by atoms with E-state index in [4.69, 9.17) is 0 Å². The Bertz CT molecular complexity index is 1460. The van der Waals surface area contributed by atoms with Gasteiger partial charge in [-0.2, -0.15) is 0 Å². The van der Waals surface area contributed by atoms with Gasteiger partial charge in [0.2, 0.25) is 23.6 Å². The van der Waals surface area contributed by atoms with Crippen molar-refractivity contribution in [2.45, 2.75) is 37.9 Å². The Morgan fingerprint density at radius 2 is 1.51 bits per heavy atom. The van der Waals surface area contributed by atoms with Crippen molar-refractivity contribution in [3.8, 4) is 5.69 Å². The monoisotopic (exact) mass is 558 g/mol. The maximum Gasteiger partial charge on any atom is 0.256 e. The molecule has 13 heteroatoms. The third-order valence-electron chi connectivity index (χ3n) is 7.06. The molecule has 5 rings (SSSR count). The van der Waals surface area contributed by atoms with Crippen LogP contribution in [0.1, 0.15) is 34.6 Å². The highest BCUT2D eigenvalue weighted by Crippen LogP contribution is 2.24. The van der Waals surface area contributed by atoms with Crippen LogP contribution in [-0.2, 0) is 32.1 Å². The van der Waals surface area contributed by atoms with Crippen molar-refractivity contribution in [3.05, 3.63) is 77.9 Å². The van der Waals surface area contributed by atoms with Gasteiger partial charge in [-0.3, -0.25) is 28.5 Å². The van der Waals surface area contributed by atoms with E-state index in [0.717, 1.165) is 5.56 Å². The topological polar surface area (TPSA) is 167 Å². The minimum Gasteiger partial charge on any atom is -0.347 e. The molecule has 0 radical (unpaired) electrons. The summed E-state index contributed by atoms with van der Waals surface area (Å²) < 4.78 is 1.60. The molecule has 0 spiro atoms. The number of hydrogen-bond acceptors (Lipinski definition) is 7. The molecule has 3 heterocycles. The summed E-state index contributed by atoms with van der Waals surface area (Å²) >= 11 is 0. The predicted molar refractivity (Wildman–Crippen MR) is 145 cm³/mol. The SMILES string of the molecule is O=C1CNC(=O)CNC(=O)[C@H](Cc2ccccc2)NC(=O)[C@@H]2CCCN2C(=O)c2ccccc2-n2cnnc2CN1. The molecule has 5 amide bonds. The Kier molecular flexibility index (Phi) is 8.32. The molecule has 0 saturated carbocycles. The Balaban J connectivity index is 1.47. The summed E-state index contributed by atoms with van der Waals surface area (Å²) in [4.78, 5) is 66.8. The molecule has 1 fully saturated rings. The molecular formula is C28H30N8O5. The zero-order valence-corrected chi connectivity index (χ0v) is 22.2. The minimum absolute atomic E-state index is 0.0100. The van der Waals surface area contributed by atoms with E-state index >= 15 is 0 Å². The van der Waals surface area contributed by atoms with Crippen LogP contribution >= 0.6 is 0 Å². The van der Waals surface area contributed by atoms with Crippen LogP contribution in [0, 0.1) is 0 Å². The molecule has 0 aliphatic carbocycles. The van der Waals surface area contributed by atoms with Crippen molar-refractivity contribution in [2.75, 3.05) is 19.6 Å². The summed E-state index contributed by atoms with van der Waals surface area (Å²) in [6, 6.07) is 14.3. The number of amides is 5. The molecule has 2 atom stereocenters. The van der Waals surface area contributed by atoms with Gasteiger partial charge in [0.1, 0.15) is 18.4 Å². The maximum atomic E-state index is 13.9. The van der Waals surface area contributed by atoms with E-state index in [2.05, 4.69) is 31.5 Å². The second-order valence-electron chi connectivity index (χ2n) is 9.81. The number of aromatic nitrogens is 3. The third-order valence-corrected chi connectivity index (χ3v) is 7.06. The van der Waals surface area contributed by atoms with E-state index in [0.29, 0.717) is 36.5 Å². The lowest BCUT2D eigenvalue weighted by molar-refractivity contribution is -0.132. The second-order valence-corrected chi connectivity index (χ2v) is 9.81. The molecule has 2 aromatic carbocycles. The lowest BCUT2D eigenvalue weighted by atomic mass is 10.0. The molecule has 0 bridgehead atoms. The van der Waals surface area contributed by atoms with Gasteiger partial charge in [-0.25, -0.2) is 0 Å². The van der Waals surface area contributed by atoms with Gasteiger partial charge in [-0.15, -0.1) is 10.2 Å². The highest BCUT2D eigenvalue weighted by Gasteiger charge is 2.37. The summed E-state index contributed by atoms with van der Waals surface area (Å²) in [7, 11) is 0. The first kappa shape index (κ1) is 27.5. The van der Waals surface area contributed by atoms with E-state index < -0.39 is 35.7 Å². The fourth-order valence-corrected chi connectivity index (χ4v) is 4.98. The van der Waals surface area contributed by atoms with Gasteiger partial charge < -0.3 is 26.2 Å². The Morgan fingerprint density at radius 1 is 0.805 bits per heavy atom. The fourth-order valence-electron chi connectivity index (χ4n) is 4.98. The Hall–Kier alpha value is -5.07. The smallest absolute Gasteiger partial charge is 0.256 e. The summed E-state index contributed by atoms with van der Waals surface area (Å²) in [6.07, 6.45) is 2.68. The van der Waals surface area contributed by atoms with Gasteiger partial charge >= 0.3 is 0 Å². The first-order valence-electron chi connectivity index (χ1n) is 13.4. The number of para-hydroxylation sites is 1. The van der Waals surface area contributed by atoms with Crippen molar-refractivity contribution in [1.29, 1.82) is 0 Å². The van der Waals surface area contributed by atoms with E-state index in [1.54, 1.807) is 28.8 Å². The van der Waals surface area contributed by atoms with Crippen molar-refractivity contribution in [3.63, 3.8) is 0 Å². The summed E-state index contributed by atoms with van der Waals surface area (Å²) in [5, 5.41) is 18.5. The predicted octanol–water partition coefficient (Wildman–Crippen LogP) is -0.538.